The topological polar surface area (TPSA) is 76.9 Å². The lowest BCUT2D eigenvalue weighted by Gasteiger charge is -2.34. The number of nitrogens with zero attached hydrogens (tertiary/aromatic N) is 4. The maximum Gasteiger partial charge on any atom is 0.264 e. The van der Waals surface area contributed by atoms with Gasteiger partial charge >= 0.3 is 0 Å². The zero-order valence-electron chi connectivity index (χ0n) is 24.6. The van der Waals surface area contributed by atoms with Crippen LogP contribution in [0.4, 0.5) is 5.69 Å². The number of terminal acetylenes is 1. The number of fused-ring (bicyclic) bond motifs is 1. The van der Waals surface area contributed by atoms with E-state index in [0.717, 1.165) is 48.8 Å². The number of anilines is 1. The molecule has 2 aliphatic rings. The zero-order valence-corrected chi connectivity index (χ0v) is 25.4. The van der Waals surface area contributed by atoms with Gasteiger partial charge in [0.1, 0.15) is 6.10 Å². The van der Waals surface area contributed by atoms with Crippen LogP contribution in [-0.2, 0) is 32.5 Å². The molecule has 3 heterocycles. The molecule has 0 radical (unpaired) electrons. The molecule has 2 aliphatic heterocycles. The second-order valence-corrected chi connectivity index (χ2v) is 13.5. The first-order chi connectivity index (χ1) is 19.7. The SMILES string of the molecule is C#C[C@H]1CN(Cc2nn(C3CCCCO3)c3cc(S(=O)(=O)N(CC(C)C)c4ccc(CC)cc4)ccc23)C[C@@H](C)O1. The van der Waals surface area contributed by atoms with Crippen molar-refractivity contribution in [1.29, 1.82) is 0 Å². The van der Waals surface area contributed by atoms with Crippen LogP contribution in [0.3, 0.4) is 0 Å². The molecule has 3 aromatic rings. The number of hydrogen-bond donors (Lipinski definition) is 0. The molecule has 41 heavy (non-hydrogen) atoms. The highest BCUT2D eigenvalue weighted by Gasteiger charge is 2.30. The van der Waals surface area contributed by atoms with Gasteiger partial charge in [0.15, 0.2) is 6.23 Å². The largest absolute Gasteiger partial charge is 0.360 e. The lowest BCUT2D eigenvalue weighted by atomic mass is 10.1. The molecule has 0 amide bonds. The van der Waals surface area contributed by atoms with Gasteiger partial charge in [-0.05, 0) is 74.4 Å². The number of aromatic nitrogens is 2. The van der Waals surface area contributed by atoms with Crippen LogP contribution in [0.2, 0.25) is 0 Å². The Balaban J connectivity index is 1.55. The fraction of sp³-hybridized carbons (Fsp3) is 0.531. The van der Waals surface area contributed by atoms with Gasteiger partial charge in [0.2, 0.25) is 0 Å². The Morgan fingerprint density at radius 2 is 1.93 bits per heavy atom. The van der Waals surface area contributed by atoms with E-state index in [4.69, 9.17) is 21.0 Å². The lowest BCUT2D eigenvalue weighted by molar-refractivity contribution is -0.0543. The molecule has 0 saturated carbocycles. The molecule has 220 valence electrons. The van der Waals surface area contributed by atoms with Crippen LogP contribution in [0.1, 0.15) is 64.4 Å². The summed E-state index contributed by atoms with van der Waals surface area (Å²) in [5.74, 6) is 2.88. The minimum absolute atomic E-state index is 0.0231. The molecule has 0 aliphatic carbocycles. The second kappa shape index (κ2) is 12.5. The fourth-order valence-corrected chi connectivity index (χ4v) is 7.42. The Labute approximate surface area is 244 Å². The van der Waals surface area contributed by atoms with Gasteiger partial charge in [0, 0.05) is 38.2 Å². The normalized spacial score (nSPS) is 22.2. The summed E-state index contributed by atoms with van der Waals surface area (Å²) in [6.45, 7) is 11.2. The average Bonchev–Trinajstić information content (AvgIpc) is 3.33. The highest BCUT2D eigenvalue weighted by Crippen LogP contribution is 2.33. The van der Waals surface area contributed by atoms with Crippen molar-refractivity contribution in [3.8, 4) is 12.3 Å². The Bertz CT molecular complexity index is 1490. The van der Waals surface area contributed by atoms with Crippen LogP contribution in [-0.4, -0.2) is 61.5 Å². The molecule has 2 aromatic carbocycles. The lowest BCUT2D eigenvalue weighted by Crippen LogP contribution is -2.45. The molecule has 3 atom stereocenters. The molecule has 9 heteroatoms. The van der Waals surface area contributed by atoms with Crippen LogP contribution in [0.5, 0.6) is 0 Å². The number of hydrogen-bond acceptors (Lipinski definition) is 6. The van der Waals surface area contributed by atoms with E-state index in [2.05, 4.69) is 17.7 Å². The first-order valence-electron chi connectivity index (χ1n) is 14.8. The summed E-state index contributed by atoms with van der Waals surface area (Å²) in [7, 11) is -3.84. The summed E-state index contributed by atoms with van der Waals surface area (Å²) in [5.41, 5.74) is 3.50. The molecular formula is C32H42N4O4S. The number of aryl methyl sites for hydroxylation is 1. The molecular weight excluding hydrogens is 536 g/mol. The molecule has 1 aromatic heterocycles. The Morgan fingerprint density at radius 1 is 1.15 bits per heavy atom. The Kier molecular flexibility index (Phi) is 9.05. The molecule has 5 rings (SSSR count). The van der Waals surface area contributed by atoms with E-state index >= 15 is 0 Å². The van der Waals surface area contributed by atoms with Crippen LogP contribution < -0.4 is 4.31 Å². The minimum Gasteiger partial charge on any atom is -0.360 e. The van der Waals surface area contributed by atoms with Crippen LogP contribution in [0, 0.1) is 18.3 Å². The van der Waals surface area contributed by atoms with Gasteiger partial charge < -0.3 is 9.47 Å². The van der Waals surface area contributed by atoms with Crippen molar-refractivity contribution >= 4 is 26.6 Å². The molecule has 2 saturated heterocycles. The standard InChI is InChI=1S/C32H42N4O4S/c1-6-25-11-13-26(14-12-25)35(19-23(3)4)41(37,38)28-15-16-29-30(22-34-20-24(5)40-27(7-2)21-34)33-36(31(29)18-28)32-10-8-9-17-39-32/h2,11-16,18,23-24,27,32H,6,8-10,17,19-22H2,1,3-5H3/t24-,27+,32?/m1/s1. The molecule has 0 spiro atoms. The third-order valence-electron chi connectivity index (χ3n) is 7.83. The number of rotatable bonds is 9. The summed E-state index contributed by atoms with van der Waals surface area (Å²) in [6, 6.07) is 13.2. The van der Waals surface area contributed by atoms with Crippen molar-refractivity contribution in [2.45, 2.75) is 83.3 Å². The van der Waals surface area contributed by atoms with Gasteiger partial charge in [-0.3, -0.25) is 9.21 Å². The zero-order chi connectivity index (χ0) is 29.1. The third kappa shape index (κ3) is 6.46. The van der Waals surface area contributed by atoms with Crippen LogP contribution in [0.25, 0.3) is 10.9 Å². The van der Waals surface area contributed by atoms with Crippen molar-refractivity contribution in [2.24, 2.45) is 5.92 Å². The van der Waals surface area contributed by atoms with Gasteiger partial charge in [-0.2, -0.15) is 5.10 Å². The highest BCUT2D eigenvalue weighted by atomic mass is 32.2. The molecule has 8 nitrogen and oxygen atoms in total. The summed E-state index contributed by atoms with van der Waals surface area (Å²) < 4.78 is 43.8. The number of benzene rings is 2. The highest BCUT2D eigenvalue weighted by molar-refractivity contribution is 7.92. The van der Waals surface area contributed by atoms with E-state index in [1.165, 1.54) is 9.87 Å². The van der Waals surface area contributed by atoms with E-state index in [0.29, 0.717) is 31.9 Å². The monoisotopic (exact) mass is 578 g/mol. The van der Waals surface area contributed by atoms with Gasteiger partial charge in [-0.25, -0.2) is 13.1 Å². The van der Waals surface area contributed by atoms with E-state index in [-0.39, 0.29) is 29.2 Å². The first kappa shape index (κ1) is 29.6. The van der Waals surface area contributed by atoms with Gasteiger partial charge in [-0.1, -0.05) is 38.8 Å². The van der Waals surface area contributed by atoms with Crippen molar-refractivity contribution in [2.75, 3.05) is 30.5 Å². The van der Waals surface area contributed by atoms with Gasteiger partial charge in [0.25, 0.3) is 10.0 Å². The van der Waals surface area contributed by atoms with Crippen LogP contribution >= 0.6 is 0 Å². The van der Waals surface area contributed by atoms with E-state index < -0.39 is 10.0 Å². The molecule has 1 unspecified atom stereocenters. The maximum atomic E-state index is 14.2. The van der Waals surface area contributed by atoms with Crippen molar-refractivity contribution in [3.63, 3.8) is 0 Å². The van der Waals surface area contributed by atoms with Gasteiger partial charge in [-0.15, -0.1) is 6.42 Å². The quantitative estimate of drug-likeness (QED) is 0.318. The van der Waals surface area contributed by atoms with Crippen molar-refractivity contribution in [3.05, 3.63) is 53.7 Å². The third-order valence-corrected chi connectivity index (χ3v) is 9.62. The number of ether oxygens (including phenoxy) is 2. The minimum atomic E-state index is -3.84. The smallest absolute Gasteiger partial charge is 0.264 e. The summed E-state index contributed by atoms with van der Waals surface area (Å²) in [5, 5.41) is 5.95. The summed E-state index contributed by atoms with van der Waals surface area (Å²) in [6.07, 6.45) is 9.01. The molecule has 0 N–H and O–H groups in total. The Hall–Kier alpha value is -2.90. The van der Waals surface area contributed by atoms with E-state index in [1.54, 1.807) is 12.1 Å². The number of morpholine rings is 1. The molecule has 2 fully saturated rings. The molecule has 0 bridgehead atoms. The van der Waals surface area contributed by atoms with Crippen molar-refractivity contribution in [1.82, 2.24) is 14.7 Å². The second-order valence-electron chi connectivity index (χ2n) is 11.6. The fourth-order valence-electron chi connectivity index (χ4n) is 5.77. The summed E-state index contributed by atoms with van der Waals surface area (Å²) in [4.78, 5) is 2.52. The summed E-state index contributed by atoms with van der Waals surface area (Å²) >= 11 is 0. The maximum absolute atomic E-state index is 14.2. The first-order valence-corrected chi connectivity index (χ1v) is 16.2. The van der Waals surface area contributed by atoms with E-state index in [9.17, 15) is 8.42 Å². The average molecular weight is 579 g/mol. The van der Waals surface area contributed by atoms with Gasteiger partial charge in [0.05, 0.1) is 27.9 Å². The van der Waals surface area contributed by atoms with Crippen LogP contribution in [0.15, 0.2) is 47.4 Å². The van der Waals surface area contributed by atoms with Crippen molar-refractivity contribution < 1.29 is 17.9 Å². The Morgan fingerprint density at radius 3 is 2.59 bits per heavy atom. The van der Waals surface area contributed by atoms with E-state index in [1.807, 2.05) is 55.8 Å². The predicted molar refractivity (Wildman–Crippen MR) is 162 cm³/mol. The number of sulfonamides is 1. The predicted octanol–water partition coefficient (Wildman–Crippen LogP) is 5.37.